The lowest BCUT2D eigenvalue weighted by Crippen LogP contribution is -2.48. The number of aliphatic imine (C=N–C) groups is 1. The van der Waals surface area contributed by atoms with Crippen molar-refractivity contribution >= 4 is 40.6 Å². The van der Waals surface area contributed by atoms with E-state index in [4.69, 9.17) is 28.2 Å². The summed E-state index contributed by atoms with van der Waals surface area (Å²) in [7, 11) is 0. The van der Waals surface area contributed by atoms with Gasteiger partial charge in [-0.2, -0.15) is 0 Å². The van der Waals surface area contributed by atoms with E-state index < -0.39 is 0 Å². The number of rotatable bonds is 6. The first-order valence-corrected chi connectivity index (χ1v) is 11.6. The summed E-state index contributed by atoms with van der Waals surface area (Å²) in [5.74, 6) is 0.921. The highest BCUT2D eigenvalue weighted by Crippen LogP contribution is 2.26. The van der Waals surface area contributed by atoms with Gasteiger partial charge in [0.15, 0.2) is 0 Å². The fourth-order valence-electron chi connectivity index (χ4n) is 3.78. The van der Waals surface area contributed by atoms with Gasteiger partial charge in [0.05, 0.1) is 5.69 Å². The van der Waals surface area contributed by atoms with Crippen LogP contribution >= 0.6 is 23.2 Å². The number of nitrogens with zero attached hydrogens (tertiary/aromatic N) is 4. The van der Waals surface area contributed by atoms with Gasteiger partial charge in [-0.25, -0.2) is 4.99 Å². The fraction of sp³-hybridized carbons (Fsp3) is 0.417. The van der Waals surface area contributed by atoms with E-state index in [-0.39, 0.29) is 5.91 Å². The molecule has 0 atom stereocenters. The van der Waals surface area contributed by atoms with E-state index in [1.807, 2.05) is 55.1 Å². The Bertz CT molecular complexity index is 897. The van der Waals surface area contributed by atoms with Crippen LogP contribution in [0.1, 0.15) is 36.7 Å². The highest BCUT2D eigenvalue weighted by atomic mass is 35.5. The Labute approximate surface area is 195 Å². The summed E-state index contributed by atoms with van der Waals surface area (Å²) in [6, 6.07) is 13.1. The van der Waals surface area contributed by atoms with E-state index in [9.17, 15) is 4.79 Å². The maximum Gasteiger partial charge on any atom is 0.253 e. The number of piperazine rings is 1. The molecule has 166 valence electrons. The van der Waals surface area contributed by atoms with Crippen molar-refractivity contribution in [2.24, 2.45) is 4.99 Å². The molecule has 2 aromatic carbocycles. The summed E-state index contributed by atoms with van der Waals surface area (Å²) in [5, 5.41) is 1.11. The van der Waals surface area contributed by atoms with Crippen molar-refractivity contribution in [2.45, 2.75) is 20.8 Å². The Morgan fingerprint density at radius 1 is 0.903 bits per heavy atom. The summed E-state index contributed by atoms with van der Waals surface area (Å²) in [5.41, 5.74) is 2.37. The minimum atomic E-state index is 0.0493. The van der Waals surface area contributed by atoms with Crippen LogP contribution in [0, 0.1) is 0 Å². The molecule has 0 spiro atoms. The Morgan fingerprint density at radius 2 is 1.45 bits per heavy atom. The average Bonchev–Trinajstić information content (AvgIpc) is 2.78. The summed E-state index contributed by atoms with van der Waals surface area (Å²) in [6.45, 7) is 12.4. The molecule has 0 bridgehead atoms. The molecule has 1 amide bonds. The van der Waals surface area contributed by atoms with Crippen LogP contribution in [-0.4, -0.2) is 72.3 Å². The normalized spacial score (nSPS) is 15.3. The predicted octanol–water partition coefficient (Wildman–Crippen LogP) is 5.19. The molecule has 5 nitrogen and oxygen atoms in total. The molecule has 1 aliphatic rings. The van der Waals surface area contributed by atoms with Crippen molar-refractivity contribution in [1.29, 1.82) is 0 Å². The second-order valence-electron chi connectivity index (χ2n) is 7.54. The van der Waals surface area contributed by atoms with Crippen molar-refractivity contribution < 1.29 is 4.79 Å². The molecule has 31 heavy (non-hydrogen) atoms. The van der Waals surface area contributed by atoms with Crippen LogP contribution in [0.4, 0.5) is 5.69 Å². The SMILES string of the molecule is CCN1CCN(/C(=N\c2cc(Cl)cc(Cl)c2)c2ccc(C(=O)N(CC)CC)cc2)CC1. The predicted molar refractivity (Wildman–Crippen MR) is 130 cm³/mol. The number of benzene rings is 2. The van der Waals surface area contributed by atoms with Gasteiger partial charge in [-0.1, -0.05) is 42.3 Å². The second kappa shape index (κ2) is 11.0. The zero-order valence-electron chi connectivity index (χ0n) is 18.4. The van der Waals surface area contributed by atoms with Crippen LogP contribution in [0.5, 0.6) is 0 Å². The van der Waals surface area contributed by atoms with E-state index in [1.54, 1.807) is 6.07 Å². The van der Waals surface area contributed by atoms with Gasteiger partial charge in [0, 0.05) is 60.4 Å². The topological polar surface area (TPSA) is 39.1 Å². The Morgan fingerprint density at radius 3 is 1.97 bits per heavy atom. The molecule has 0 unspecified atom stereocenters. The number of amidine groups is 1. The number of halogens is 2. The van der Waals surface area contributed by atoms with Gasteiger partial charge >= 0.3 is 0 Å². The van der Waals surface area contributed by atoms with Crippen LogP contribution < -0.4 is 0 Å². The van der Waals surface area contributed by atoms with E-state index in [0.717, 1.165) is 44.1 Å². The van der Waals surface area contributed by atoms with Gasteiger partial charge in [0.25, 0.3) is 5.91 Å². The van der Waals surface area contributed by atoms with E-state index in [1.165, 1.54) is 0 Å². The molecule has 7 heteroatoms. The lowest BCUT2D eigenvalue weighted by Gasteiger charge is -2.36. The van der Waals surface area contributed by atoms with Crippen molar-refractivity contribution in [2.75, 3.05) is 45.8 Å². The maximum atomic E-state index is 12.7. The molecule has 0 aromatic heterocycles. The van der Waals surface area contributed by atoms with E-state index in [2.05, 4.69) is 16.7 Å². The molecule has 0 N–H and O–H groups in total. The minimum Gasteiger partial charge on any atom is -0.354 e. The van der Waals surface area contributed by atoms with Gasteiger partial charge in [-0.3, -0.25) is 4.79 Å². The number of carbonyl (C=O) groups is 1. The molecule has 3 rings (SSSR count). The molecule has 1 fully saturated rings. The number of carbonyl (C=O) groups excluding carboxylic acids is 1. The number of hydrogen-bond donors (Lipinski definition) is 0. The first-order chi connectivity index (χ1) is 14.9. The van der Waals surface area contributed by atoms with Crippen LogP contribution in [0.2, 0.25) is 10.0 Å². The fourth-order valence-corrected chi connectivity index (χ4v) is 4.29. The van der Waals surface area contributed by atoms with Gasteiger partial charge in [0.1, 0.15) is 5.84 Å². The third kappa shape index (κ3) is 6.00. The second-order valence-corrected chi connectivity index (χ2v) is 8.41. The lowest BCUT2D eigenvalue weighted by atomic mass is 10.1. The third-order valence-electron chi connectivity index (χ3n) is 5.64. The third-order valence-corrected chi connectivity index (χ3v) is 6.08. The summed E-state index contributed by atoms with van der Waals surface area (Å²) < 4.78 is 0. The Kier molecular flexibility index (Phi) is 8.35. The van der Waals surface area contributed by atoms with Crippen molar-refractivity contribution in [1.82, 2.24) is 14.7 Å². The number of hydrogen-bond acceptors (Lipinski definition) is 3. The quantitative estimate of drug-likeness (QED) is 0.439. The van der Waals surface area contributed by atoms with Crippen LogP contribution in [-0.2, 0) is 0 Å². The molecular formula is C24H30Cl2N4O. The van der Waals surface area contributed by atoms with E-state index >= 15 is 0 Å². The van der Waals surface area contributed by atoms with Gasteiger partial charge in [-0.05, 0) is 50.7 Å². The van der Waals surface area contributed by atoms with Crippen LogP contribution in [0.3, 0.4) is 0 Å². The zero-order valence-corrected chi connectivity index (χ0v) is 20.0. The van der Waals surface area contributed by atoms with Gasteiger partial charge in [0.2, 0.25) is 0 Å². The summed E-state index contributed by atoms with van der Waals surface area (Å²) in [6.07, 6.45) is 0. The minimum absolute atomic E-state index is 0.0493. The molecule has 0 radical (unpaired) electrons. The molecule has 2 aromatic rings. The molecule has 0 aliphatic carbocycles. The zero-order chi connectivity index (χ0) is 22.4. The first-order valence-electron chi connectivity index (χ1n) is 10.9. The highest BCUT2D eigenvalue weighted by molar-refractivity contribution is 6.35. The summed E-state index contributed by atoms with van der Waals surface area (Å²) in [4.78, 5) is 24.1. The Hall–Kier alpha value is -2.08. The van der Waals surface area contributed by atoms with Crippen LogP contribution in [0.15, 0.2) is 47.5 Å². The van der Waals surface area contributed by atoms with Crippen molar-refractivity contribution in [3.63, 3.8) is 0 Å². The smallest absolute Gasteiger partial charge is 0.253 e. The molecule has 1 saturated heterocycles. The maximum absolute atomic E-state index is 12.7. The average molecular weight is 461 g/mol. The van der Waals surface area contributed by atoms with Crippen molar-refractivity contribution in [3.8, 4) is 0 Å². The lowest BCUT2D eigenvalue weighted by molar-refractivity contribution is 0.0773. The summed E-state index contributed by atoms with van der Waals surface area (Å²) >= 11 is 12.4. The largest absolute Gasteiger partial charge is 0.354 e. The Balaban J connectivity index is 1.94. The molecular weight excluding hydrogens is 431 g/mol. The number of amides is 1. The van der Waals surface area contributed by atoms with Crippen LogP contribution in [0.25, 0.3) is 0 Å². The van der Waals surface area contributed by atoms with Gasteiger partial charge < -0.3 is 14.7 Å². The number of likely N-dealkylation sites (N-methyl/N-ethyl adjacent to an activating group) is 1. The first kappa shape index (κ1) is 23.6. The molecule has 1 heterocycles. The van der Waals surface area contributed by atoms with Crippen molar-refractivity contribution in [3.05, 3.63) is 63.6 Å². The van der Waals surface area contributed by atoms with Gasteiger partial charge in [-0.15, -0.1) is 0 Å². The molecule has 1 aliphatic heterocycles. The molecule has 0 saturated carbocycles. The van der Waals surface area contributed by atoms with E-state index in [0.29, 0.717) is 34.4 Å². The monoisotopic (exact) mass is 460 g/mol. The standard InChI is InChI=1S/C24H30Cl2N4O/c1-4-28-11-13-30(14-12-28)23(27-22-16-20(25)15-21(26)17-22)18-7-9-19(10-8-18)24(31)29(5-2)6-3/h7-10,15-17H,4-6,11-14H2,1-3H3/b27-23-. The highest BCUT2D eigenvalue weighted by Gasteiger charge is 2.21.